The molecule has 0 unspecified atom stereocenters. The minimum Gasteiger partial charge on any atom is -0.356 e. The van der Waals surface area contributed by atoms with Crippen molar-refractivity contribution in [1.29, 1.82) is 0 Å². The predicted molar refractivity (Wildman–Crippen MR) is 125 cm³/mol. The van der Waals surface area contributed by atoms with Crippen molar-refractivity contribution in [2.75, 3.05) is 44.7 Å². The maximum atomic E-state index is 4.62. The van der Waals surface area contributed by atoms with Gasteiger partial charge in [0.1, 0.15) is 5.82 Å². The van der Waals surface area contributed by atoms with Gasteiger partial charge in [-0.25, -0.2) is 9.97 Å². The second kappa shape index (κ2) is 11.1. The number of hydrogen-bond acceptors (Lipinski definition) is 7. The molecule has 2 aromatic heterocycles. The molecule has 3 rings (SSSR count). The minimum absolute atomic E-state index is 0. The Morgan fingerprint density at radius 3 is 2.56 bits per heavy atom. The average Bonchev–Trinajstić information content (AvgIpc) is 3.35. The van der Waals surface area contributed by atoms with Crippen molar-refractivity contribution >= 4 is 57.9 Å². The Labute approximate surface area is 186 Å². The molecule has 0 atom stereocenters. The number of aryl methyl sites for hydroxylation is 2. The second-order valence-corrected chi connectivity index (χ2v) is 7.80. The van der Waals surface area contributed by atoms with Crippen molar-refractivity contribution in [2.24, 2.45) is 4.99 Å². The number of aliphatic imine (C=N–C) groups is 1. The summed E-state index contributed by atoms with van der Waals surface area (Å²) in [6.07, 6.45) is 2.84. The van der Waals surface area contributed by atoms with Gasteiger partial charge in [0.25, 0.3) is 0 Å². The molecule has 150 valence electrons. The van der Waals surface area contributed by atoms with Crippen molar-refractivity contribution in [3.05, 3.63) is 21.9 Å². The highest BCUT2D eigenvalue weighted by Crippen LogP contribution is 2.19. The van der Waals surface area contributed by atoms with Crippen LogP contribution in [-0.2, 0) is 19.3 Å². The topological polar surface area (TPSA) is 69.5 Å². The maximum absolute atomic E-state index is 4.62. The Kier molecular flexibility index (Phi) is 9.16. The third kappa shape index (κ3) is 5.98. The van der Waals surface area contributed by atoms with Gasteiger partial charge in [-0.1, -0.05) is 13.8 Å². The molecule has 2 aromatic rings. The highest BCUT2D eigenvalue weighted by molar-refractivity contribution is 14.0. The highest BCUT2D eigenvalue weighted by Gasteiger charge is 2.21. The predicted octanol–water partition coefficient (Wildman–Crippen LogP) is 2.68. The number of thiazole rings is 1. The van der Waals surface area contributed by atoms with Gasteiger partial charge in [-0.15, -0.1) is 35.3 Å². The van der Waals surface area contributed by atoms with E-state index >= 15 is 0 Å². The Morgan fingerprint density at radius 1 is 1.19 bits per heavy atom. The summed E-state index contributed by atoms with van der Waals surface area (Å²) >= 11 is 3.25. The number of piperazine rings is 1. The summed E-state index contributed by atoms with van der Waals surface area (Å²) in [5.74, 6) is 1.92. The number of nitrogens with zero attached hydrogens (tertiary/aromatic N) is 6. The molecule has 7 nitrogen and oxygen atoms in total. The molecule has 1 aliphatic rings. The third-order valence-electron chi connectivity index (χ3n) is 4.40. The van der Waals surface area contributed by atoms with Crippen LogP contribution in [0.2, 0.25) is 0 Å². The van der Waals surface area contributed by atoms with E-state index in [1.165, 1.54) is 22.2 Å². The Bertz CT molecular complexity index is 722. The van der Waals surface area contributed by atoms with E-state index in [2.05, 4.69) is 53.7 Å². The molecule has 0 amide bonds. The molecule has 1 aliphatic heterocycles. The van der Waals surface area contributed by atoms with Crippen LogP contribution in [0.1, 0.15) is 30.4 Å². The van der Waals surface area contributed by atoms with Crippen molar-refractivity contribution in [3.8, 4) is 0 Å². The number of rotatable bonds is 6. The first kappa shape index (κ1) is 22.3. The summed E-state index contributed by atoms with van der Waals surface area (Å²) in [7, 11) is 1.85. The van der Waals surface area contributed by atoms with Gasteiger partial charge in [-0.3, -0.25) is 4.99 Å². The zero-order chi connectivity index (χ0) is 18.4. The average molecular weight is 521 g/mol. The first-order valence-corrected chi connectivity index (χ1v) is 10.8. The monoisotopic (exact) mass is 521 g/mol. The Morgan fingerprint density at radius 2 is 1.96 bits per heavy atom. The summed E-state index contributed by atoms with van der Waals surface area (Å²) in [4.78, 5) is 18.3. The van der Waals surface area contributed by atoms with Crippen molar-refractivity contribution in [2.45, 2.75) is 33.1 Å². The molecule has 0 aliphatic carbocycles. The van der Waals surface area contributed by atoms with Gasteiger partial charge in [0.05, 0.1) is 10.7 Å². The molecule has 27 heavy (non-hydrogen) atoms. The Balaban J connectivity index is 0.00000261. The zero-order valence-corrected chi connectivity index (χ0v) is 20.1. The molecule has 0 saturated carbocycles. The fraction of sp³-hybridized carbons (Fsp3) is 0.647. The van der Waals surface area contributed by atoms with Gasteiger partial charge in [0.15, 0.2) is 5.96 Å². The highest BCUT2D eigenvalue weighted by atomic mass is 127. The quantitative estimate of drug-likeness (QED) is 0.358. The maximum Gasteiger partial charge on any atom is 0.205 e. The lowest BCUT2D eigenvalue weighted by atomic mass is 10.3. The number of halogens is 1. The largest absolute Gasteiger partial charge is 0.356 e. The van der Waals surface area contributed by atoms with Crippen LogP contribution >= 0.6 is 46.8 Å². The molecule has 10 heteroatoms. The van der Waals surface area contributed by atoms with Crippen LogP contribution in [0.4, 0.5) is 5.13 Å². The molecule has 1 N–H and O–H groups in total. The lowest BCUT2D eigenvalue weighted by Crippen LogP contribution is -2.52. The molecule has 0 radical (unpaired) electrons. The standard InChI is InChI=1S/C17H27N7S2.HI/c1-4-14-21-17(26-22-14)24-10-8-23(9-11-24)16(18-3)19-7-6-13-12-25-15(5-2)20-13;/h12H,4-11H2,1-3H3,(H,18,19);1H. The lowest BCUT2D eigenvalue weighted by Gasteiger charge is -2.36. The van der Waals surface area contributed by atoms with E-state index in [1.54, 1.807) is 11.3 Å². The van der Waals surface area contributed by atoms with E-state index in [0.29, 0.717) is 0 Å². The van der Waals surface area contributed by atoms with Crippen LogP contribution in [0.25, 0.3) is 0 Å². The molecule has 1 saturated heterocycles. The molecule has 0 spiro atoms. The van der Waals surface area contributed by atoms with Crippen LogP contribution in [-0.4, -0.2) is 65.0 Å². The first-order chi connectivity index (χ1) is 12.7. The number of aromatic nitrogens is 3. The number of nitrogens with one attached hydrogen (secondary N) is 1. The third-order valence-corrected chi connectivity index (χ3v) is 6.26. The minimum atomic E-state index is 0. The fourth-order valence-electron chi connectivity index (χ4n) is 2.89. The van der Waals surface area contributed by atoms with Crippen LogP contribution in [0.5, 0.6) is 0 Å². The number of hydrogen-bond donors (Lipinski definition) is 1. The van der Waals surface area contributed by atoms with Crippen LogP contribution in [0, 0.1) is 0 Å². The van der Waals surface area contributed by atoms with Crippen LogP contribution in [0.15, 0.2) is 10.4 Å². The molecule has 1 fully saturated rings. The van der Waals surface area contributed by atoms with E-state index in [4.69, 9.17) is 0 Å². The first-order valence-electron chi connectivity index (χ1n) is 9.19. The smallest absolute Gasteiger partial charge is 0.205 e. The van der Waals surface area contributed by atoms with Gasteiger partial charge in [0.2, 0.25) is 5.13 Å². The molecule has 0 bridgehead atoms. The van der Waals surface area contributed by atoms with Gasteiger partial charge in [0, 0.05) is 69.5 Å². The van der Waals surface area contributed by atoms with Crippen molar-refractivity contribution in [1.82, 2.24) is 24.6 Å². The SMILES string of the molecule is CCc1nsc(N2CCN(C(=NC)NCCc3csc(CC)n3)CC2)n1.I. The van der Waals surface area contributed by atoms with E-state index in [-0.39, 0.29) is 24.0 Å². The molecule has 3 heterocycles. The Hall–Kier alpha value is -1.01. The van der Waals surface area contributed by atoms with Gasteiger partial charge >= 0.3 is 0 Å². The van der Waals surface area contributed by atoms with Gasteiger partial charge < -0.3 is 15.1 Å². The van der Waals surface area contributed by atoms with Crippen molar-refractivity contribution in [3.63, 3.8) is 0 Å². The summed E-state index contributed by atoms with van der Waals surface area (Å²) < 4.78 is 4.39. The normalized spacial score (nSPS) is 15.0. The summed E-state index contributed by atoms with van der Waals surface area (Å²) in [6.45, 7) is 8.88. The number of guanidine groups is 1. The van der Waals surface area contributed by atoms with Gasteiger partial charge in [-0.05, 0) is 6.42 Å². The number of anilines is 1. The molecular formula is C17H28IN7S2. The molecular weight excluding hydrogens is 493 g/mol. The van der Waals surface area contributed by atoms with Crippen molar-refractivity contribution < 1.29 is 0 Å². The molecule has 0 aromatic carbocycles. The van der Waals surface area contributed by atoms with Crippen LogP contribution in [0.3, 0.4) is 0 Å². The van der Waals surface area contributed by atoms with E-state index in [9.17, 15) is 0 Å². The summed E-state index contributed by atoms with van der Waals surface area (Å²) in [5.41, 5.74) is 1.17. The second-order valence-electron chi connectivity index (χ2n) is 6.13. The summed E-state index contributed by atoms with van der Waals surface area (Å²) in [5, 5.41) is 7.89. The fourth-order valence-corrected chi connectivity index (χ4v) is 4.47. The zero-order valence-electron chi connectivity index (χ0n) is 16.1. The van der Waals surface area contributed by atoms with E-state index < -0.39 is 0 Å². The van der Waals surface area contributed by atoms with Gasteiger partial charge in [-0.2, -0.15) is 4.37 Å². The van der Waals surface area contributed by atoms with Crippen LogP contribution < -0.4 is 10.2 Å². The van der Waals surface area contributed by atoms with E-state index in [1.807, 2.05) is 7.05 Å². The summed E-state index contributed by atoms with van der Waals surface area (Å²) in [6, 6.07) is 0. The van der Waals surface area contributed by atoms with E-state index in [0.717, 1.165) is 68.9 Å². The lowest BCUT2D eigenvalue weighted by molar-refractivity contribution is 0.372.